The van der Waals surface area contributed by atoms with Gasteiger partial charge in [-0.2, -0.15) is 8.42 Å². The van der Waals surface area contributed by atoms with E-state index in [1.165, 1.54) is 6.07 Å². The zero-order valence-electron chi connectivity index (χ0n) is 17.8. The smallest absolute Gasteiger partial charge is 0.307 e. The van der Waals surface area contributed by atoms with Crippen molar-refractivity contribution >= 4 is 33.3 Å². The van der Waals surface area contributed by atoms with Crippen molar-refractivity contribution in [2.24, 2.45) is 11.7 Å². The predicted molar refractivity (Wildman–Crippen MR) is 114 cm³/mol. The minimum absolute atomic E-state index is 0.0399. The van der Waals surface area contributed by atoms with Crippen LogP contribution in [0.4, 0.5) is 0 Å². The second-order valence-corrected chi connectivity index (χ2v) is 11.8. The predicted octanol–water partition coefficient (Wildman–Crippen LogP) is 1.81. The third kappa shape index (κ3) is 4.87. The van der Waals surface area contributed by atoms with Crippen LogP contribution in [0.3, 0.4) is 0 Å². The van der Waals surface area contributed by atoms with E-state index in [2.05, 4.69) is 25.7 Å². The number of piperazine rings is 1. The molecule has 2 aliphatic rings. The highest BCUT2D eigenvalue weighted by Crippen LogP contribution is 2.38. The fourth-order valence-electron chi connectivity index (χ4n) is 4.21. The second kappa shape index (κ2) is 8.57. The molecule has 2 amide bonds. The van der Waals surface area contributed by atoms with Gasteiger partial charge in [0.05, 0.1) is 0 Å². The molecule has 1 aliphatic heterocycles. The zero-order chi connectivity index (χ0) is 22.2. The molecule has 0 bridgehead atoms. The molecule has 8 nitrogen and oxygen atoms in total. The summed E-state index contributed by atoms with van der Waals surface area (Å²) in [5.74, 6) is -0.971. The van der Waals surface area contributed by atoms with Gasteiger partial charge in [0.2, 0.25) is 5.91 Å². The maximum Gasteiger partial charge on any atom is 0.307 e. The van der Waals surface area contributed by atoms with Crippen molar-refractivity contribution in [3.63, 3.8) is 0 Å². The highest BCUT2D eigenvalue weighted by Gasteiger charge is 2.47. The number of nitrogens with zero attached hydrogens (tertiary/aromatic N) is 2. The molecule has 1 aromatic heterocycles. The molecule has 2 fully saturated rings. The first-order valence-corrected chi connectivity index (χ1v) is 12.6. The summed E-state index contributed by atoms with van der Waals surface area (Å²) in [5, 5.41) is 1.63. The van der Waals surface area contributed by atoms with E-state index in [9.17, 15) is 18.0 Å². The Morgan fingerprint density at radius 2 is 1.77 bits per heavy atom. The van der Waals surface area contributed by atoms with E-state index in [4.69, 9.17) is 9.92 Å². The number of carbonyl (C=O) groups excluding carboxylic acids is 2. The first-order chi connectivity index (χ1) is 13.9. The van der Waals surface area contributed by atoms with Crippen molar-refractivity contribution < 1.29 is 22.2 Å². The Morgan fingerprint density at radius 1 is 1.17 bits per heavy atom. The molecule has 2 heterocycles. The molecule has 0 unspecified atom stereocenters. The number of primary amides is 1. The van der Waals surface area contributed by atoms with Crippen LogP contribution < -0.4 is 5.73 Å². The third-order valence-electron chi connectivity index (χ3n) is 6.14. The molecule has 168 valence electrons. The average Bonchev–Trinajstić information content (AvgIpc) is 3.23. The van der Waals surface area contributed by atoms with Crippen LogP contribution in [0.1, 0.15) is 46.5 Å². The van der Waals surface area contributed by atoms with Gasteiger partial charge >= 0.3 is 10.1 Å². The standard InChI is InChI=1S/C20H31N3O5S2/c1-19(2,3)23-12-10-22(11-13-23)17(24)15-6-8-20(9-7-15,18(21)25)28-30(26,27)16-5-4-14-29-16/h4-5,14-15H,6-13H2,1-3H3,(H2,21,25). The number of nitrogens with two attached hydrogens (primary N) is 1. The van der Waals surface area contributed by atoms with Gasteiger partial charge in [-0.25, -0.2) is 4.18 Å². The Morgan fingerprint density at radius 3 is 2.23 bits per heavy atom. The fraction of sp³-hybridized carbons (Fsp3) is 0.700. The molecular weight excluding hydrogens is 426 g/mol. The molecule has 2 N–H and O–H groups in total. The van der Waals surface area contributed by atoms with Gasteiger partial charge in [-0.3, -0.25) is 14.5 Å². The Bertz CT molecular complexity index is 861. The minimum atomic E-state index is -4.08. The lowest BCUT2D eigenvalue weighted by Gasteiger charge is -2.44. The SMILES string of the molecule is CC(C)(C)N1CCN(C(=O)C2CCC(OS(=O)(=O)c3cccs3)(C(N)=O)CC2)CC1. The quantitative estimate of drug-likeness (QED) is 0.675. The Hall–Kier alpha value is -1.49. The van der Waals surface area contributed by atoms with Gasteiger partial charge in [-0.15, -0.1) is 11.3 Å². The van der Waals surface area contributed by atoms with Gasteiger partial charge in [0.25, 0.3) is 5.91 Å². The summed E-state index contributed by atoms with van der Waals surface area (Å²) in [4.78, 5) is 29.4. The lowest BCUT2D eigenvalue weighted by Crippen LogP contribution is -2.56. The molecule has 30 heavy (non-hydrogen) atoms. The first-order valence-electron chi connectivity index (χ1n) is 10.3. The topological polar surface area (TPSA) is 110 Å². The minimum Gasteiger partial charge on any atom is -0.367 e. The van der Waals surface area contributed by atoms with Crippen LogP contribution in [0, 0.1) is 5.92 Å². The number of rotatable bonds is 5. The molecular formula is C20H31N3O5S2. The van der Waals surface area contributed by atoms with Crippen molar-refractivity contribution in [1.82, 2.24) is 9.80 Å². The zero-order valence-corrected chi connectivity index (χ0v) is 19.4. The van der Waals surface area contributed by atoms with E-state index in [-0.39, 0.29) is 34.4 Å². The monoisotopic (exact) mass is 457 g/mol. The van der Waals surface area contributed by atoms with Crippen LogP contribution in [0.5, 0.6) is 0 Å². The van der Waals surface area contributed by atoms with Crippen LogP contribution in [0.15, 0.2) is 21.7 Å². The van der Waals surface area contributed by atoms with Crippen LogP contribution in [0.25, 0.3) is 0 Å². The van der Waals surface area contributed by atoms with Crippen LogP contribution in [-0.2, 0) is 23.9 Å². The maximum atomic E-state index is 13.0. The number of thiophene rings is 1. The number of hydrogen-bond donors (Lipinski definition) is 1. The van der Waals surface area contributed by atoms with Crippen LogP contribution >= 0.6 is 11.3 Å². The normalized spacial score (nSPS) is 26.5. The molecule has 0 radical (unpaired) electrons. The van der Waals surface area contributed by atoms with Gasteiger partial charge in [-0.1, -0.05) is 6.07 Å². The van der Waals surface area contributed by atoms with Gasteiger partial charge in [0.15, 0.2) is 5.60 Å². The number of carbonyl (C=O) groups is 2. The summed E-state index contributed by atoms with van der Waals surface area (Å²) in [7, 11) is -4.08. The van der Waals surface area contributed by atoms with Crippen molar-refractivity contribution in [2.75, 3.05) is 26.2 Å². The summed E-state index contributed by atoms with van der Waals surface area (Å²) in [6.45, 7) is 9.51. The molecule has 3 rings (SSSR count). The molecule has 0 spiro atoms. The third-order valence-corrected chi connectivity index (χ3v) is 8.87. The van der Waals surface area contributed by atoms with Gasteiger partial charge < -0.3 is 10.6 Å². The van der Waals surface area contributed by atoms with E-state index in [0.29, 0.717) is 25.9 Å². The molecule has 1 aromatic rings. The molecule has 1 saturated carbocycles. The van der Waals surface area contributed by atoms with Crippen molar-refractivity contribution in [3.8, 4) is 0 Å². The second-order valence-electron chi connectivity index (χ2n) is 9.09. The van der Waals surface area contributed by atoms with Gasteiger partial charge in [0, 0.05) is 37.6 Å². The lowest BCUT2D eigenvalue weighted by molar-refractivity contribution is -0.145. The molecule has 10 heteroatoms. The highest BCUT2D eigenvalue weighted by molar-refractivity contribution is 7.89. The Balaban J connectivity index is 1.62. The van der Waals surface area contributed by atoms with Crippen molar-refractivity contribution in [2.45, 2.75) is 61.8 Å². The summed E-state index contributed by atoms with van der Waals surface area (Å²) in [6.07, 6.45) is 0.985. The summed E-state index contributed by atoms with van der Waals surface area (Å²) < 4.78 is 30.5. The first kappa shape index (κ1) is 23.2. The number of hydrogen-bond acceptors (Lipinski definition) is 7. The van der Waals surface area contributed by atoms with Crippen molar-refractivity contribution in [3.05, 3.63) is 17.5 Å². The molecule has 0 atom stereocenters. The largest absolute Gasteiger partial charge is 0.367 e. The van der Waals surface area contributed by atoms with E-state index in [0.717, 1.165) is 24.4 Å². The van der Waals surface area contributed by atoms with Gasteiger partial charge in [-0.05, 0) is 57.9 Å². The summed E-state index contributed by atoms with van der Waals surface area (Å²) >= 11 is 1.03. The molecule has 1 aliphatic carbocycles. The van der Waals surface area contributed by atoms with Gasteiger partial charge in [0.1, 0.15) is 4.21 Å². The number of amides is 2. The highest BCUT2D eigenvalue weighted by atomic mass is 32.3. The van der Waals surface area contributed by atoms with Crippen LogP contribution in [-0.4, -0.2) is 67.4 Å². The van der Waals surface area contributed by atoms with E-state index < -0.39 is 21.6 Å². The van der Waals surface area contributed by atoms with Crippen LogP contribution in [0.2, 0.25) is 0 Å². The molecule has 0 aromatic carbocycles. The average molecular weight is 458 g/mol. The lowest BCUT2D eigenvalue weighted by atomic mass is 9.78. The van der Waals surface area contributed by atoms with E-state index in [1.807, 2.05) is 4.90 Å². The fourth-order valence-corrected chi connectivity index (χ4v) is 6.40. The van der Waals surface area contributed by atoms with E-state index in [1.54, 1.807) is 11.4 Å². The maximum absolute atomic E-state index is 13.0. The van der Waals surface area contributed by atoms with Crippen molar-refractivity contribution in [1.29, 1.82) is 0 Å². The summed E-state index contributed by atoms with van der Waals surface area (Å²) in [6, 6.07) is 3.04. The summed E-state index contributed by atoms with van der Waals surface area (Å²) in [5.41, 5.74) is 4.04. The van der Waals surface area contributed by atoms with E-state index >= 15 is 0 Å². The molecule has 1 saturated heterocycles. The Kier molecular flexibility index (Phi) is 6.62. The Labute approximate surface area is 182 Å².